The van der Waals surface area contributed by atoms with Gasteiger partial charge in [0.05, 0.1) is 6.61 Å². The predicted molar refractivity (Wildman–Crippen MR) is 68.7 cm³/mol. The molecular formula is C13H19ClFNO. The van der Waals surface area contributed by atoms with E-state index in [4.69, 9.17) is 4.74 Å². The second kappa shape index (κ2) is 4.92. The molecule has 1 N–H and O–H groups in total. The van der Waals surface area contributed by atoms with E-state index in [0.717, 1.165) is 6.54 Å². The zero-order valence-corrected chi connectivity index (χ0v) is 11.2. The highest BCUT2D eigenvalue weighted by Gasteiger charge is 2.37. The second-order valence-corrected chi connectivity index (χ2v) is 5.32. The van der Waals surface area contributed by atoms with Crippen LogP contribution in [0.1, 0.15) is 26.3 Å². The fraction of sp³-hybridized carbons (Fsp3) is 0.538. The average molecular weight is 260 g/mol. The molecule has 1 aromatic carbocycles. The standard InChI is InChI=1S/C13H18FNO.ClH/c1-12(2)8-15-13(3,16-9-12)10-6-4-5-7-11(10)14;/h4-7,15H,8-9H2,1-3H3;1H. The minimum atomic E-state index is -0.707. The van der Waals surface area contributed by atoms with Gasteiger partial charge >= 0.3 is 0 Å². The summed E-state index contributed by atoms with van der Waals surface area (Å²) in [6.07, 6.45) is 0. The molecule has 0 aromatic heterocycles. The normalized spacial score (nSPS) is 27.3. The fourth-order valence-corrected chi connectivity index (χ4v) is 1.87. The Morgan fingerprint density at radius 2 is 1.88 bits per heavy atom. The molecule has 1 aliphatic heterocycles. The molecule has 1 aliphatic rings. The maximum atomic E-state index is 13.7. The molecule has 0 radical (unpaired) electrons. The third-order valence-electron chi connectivity index (χ3n) is 3.04. The van der Waals surface area contributed by atoms with Gasteiger partial charge in [-0.2, -0.15) is 0 Å². The number of halogens is 2. The Labute approximate surface area is 108 Å². The van der Waals surface area contributed by atoms with Gasteiger partial charge < -0.3 is 4.74 Å². The van der Waals surface area contributed by atoms with E-state index in [0.29, 0.717) is 12.2 Å². The SMILES string of the molecule is CC1(C)CNC(C)(c2ccccc2F)OC1.Cl. The summed E-state index contributed by atoms with van der Waals surface area (Å²) in [5, 5.41) is 3.28. The van der Waals surface area contributed by atoms with Crippen LogP contribution in [0.3, 0.4) is 0 Å². The molecule has 0 bridgehead atoms. The number of benzene rings is 1. The smallest absolute Gasteiger partial charge is 0.145 e. The van der Waals surface area contributed by atoms with Crippen LogP contribution in [0.25, 0.3) is 0 Å². The molecule has 1 saturated heterocycles. The number of nitrogens with one attached hydrogen (secondary N) is 1. The molecule has 1 aromatic rings. The Balaban J connectivity index is 0.00000144. The van der Waals surface area contributed by atoms with E-state index in [1.807, 2.05) is 13.0 Å². The average Bonchev–Trinajstić information content (AvgIpc) is 2.24. The highest BCUT2D eigenvalue weighted by molar-refractivity contribution is 5.85. The molecule has 0 saturated carbocycles. The zero-order chi connectivity index (χ0) is 11.8. The Morgan fingerprint density at radius 3 is 2.41 bits per heavy atom. The lowest BCUT2D eigenvalue weighted by Crippen LogP contribution is -2.54. The molecule has 0 spiro atoms. The van der Waals surface area contributed by atoms with Crippen molar-refractivity contribution in [3.05, 3.63) is 35.6 Å². The van der Waals surface area contributed by atoms with Gasteiger partial charge in [-0.15, -0.1) is 12.4 Å². The van der Waals surface area contributed by atoms with Crippen molar-refractivity contribution < 1.29 is 9.13 Å². The first kappa shape index (κ1) is 14.4. The van der Waals surface area contributed by atoms with Crippen LogP contribution in [0.15, 0.2) is 24.3 Å². The summed E-state index contributed by atoms with van der Waals surface area (Å²) in [4.78, 5) is 0. The Bertz CT molecular complexity index is 385. The summed E-state index contributed by atoms with van der Waals surface area (Å²) in [5.74, 6) is -0.225. The Hall–Kier alpha value is -0.640. The van der Waals surface area contributed by atoms with E-state index in [9.17, 15) is 4.39 Å². The lowest BCUT2D eigenvalue weighted by Gasteiger charge is -2.42. The van der Waals surface area contributed by atoms with Gasteiger partial charge in [-0.1, -0.05) is 32.0 Å². The Morgan fingerprint density at radius 1 is 1.24 bits per heavy atom. The first-order valence-electron chi connectivity index (χ1n) is 5.57. The summed E-state index contributed by atoms with van der Waals surface area (Å²) < 4.78 is 19.5. The van der Waals surface area contributed by atoms with E-state index in [2.05, 4.69) is 19.2 Å². The van der Waals surface area contributed by atoms with Crippen LogP contribution in [0.2, 0.25) is 0 Å². The molecule has 4 heteroatoms. The van der Waals surface area contributed by atoms with Crippen LogP contribution in [-0.2, 0) is 10.5 Å². The minimum Gasteiger partial charge on any atom is -0.356 e. The molecule has 1 heterocycles. The zero-order valence-electron chi connectivity index (χ0n) is 10.4. The molecule has 1 unspecified atom stereocenters. The van der Waals surface area contributed by atoms with Crippen molar-refractivity contribution >= 4 is 12.4 Å². The van der Waals surface area contributed by atoms with Crippen molar-refractivity contribution in [3.8, 4) is 0 Å². The lowest BCUT2D eigenvalue weighted by atomic mass is 9.90. The van der Waals surface area contributed by atoms with Gasteiger partial charge in [0, 0.05) is 17.5 Å². The fourth-order valence-electron chi connectivity index (χ4n) is 1.87. The number of hydrogen-bond donors (Lipinski definition) is 1. The van der Waals surface area contributed by atoms with Crippen LogP contribution in [0.5, 0.6) is 0 Å². The van der Waals surface area contributed by atoms with E-state index >= 15 is 0 Å². The van der Waals surface area contributed by atoms with Gasteiger partial charge in [0.25, 0.3) is 0 Å². The molecule has 0 aliphatic carbocycles. The molecule has 17 heavy (non-hydrogen) atoms. The molecule has 0 amide bonds. The van der Waals surface area contributed by atoms with Crippen molar-refractivity contribution in [2.75, 3.05) is 13.2 Å². The van der Waals surface area contributed by atoms with Crippen LogP contribution < -0.4 is 5.32 Å². The molecular weight excluding hydrogens is 241 g/mol. The quantitative estimate of drug-likeness (QED) is 0.837. The van der Waals surface area contributed by atoms with Gasteiger partial charge in [0.1, 0.15) is 11.5 Å². The van der Waals surface area contributed by atoms with Crippen molar-refractivity contribution in [2.45, 2.75) is 26.5 Å². The number of ether oxygens (including phenoxy) is 1. The van der Waals surface area contributed by atoms with E-state index < -0.39 is 5.72 Å². The van der Waals surface area contributed by atoms with Gasteiger partial charge in [-0.3, -0.25) is 5.32 Å². The Kier molecular flexibility index (Phi) is 4.18. The molecule has 1 atom stereocenters. The maximum Gasteiger partial charge on any atom is 0.145 e. The van der Waals surface area contributed by atoms with Crippen LogP contribution >= 0.6 is 12.4 Å². The maximum absolute atomic E-state index is 13.7. The highest BCUT2D eigenvalue weighted by Crippen LogP contribution is 2.32. The largest absolute Gasteiger partial charge is 0.356 e. The summed E-state index contributed by atoms with van der Waals surface area (Å²) in [5.41, 5.74) is -0.0310. The predicted octanol–water partition coefficient (Wildman–Crippen LogP) is 3.07. The first-order chi connectivity index (χ1) is 7.43. The molecule has 96 valence electrons. The third kappa shape index (κ3) is 2.97. The van der Waals surface area contributed by atoms with Gasteiger partial charge in [-0.25, -0.2) is 4.39 Å². The monoisotopic (exact) mass is 259 g/mol. The molecule has 2 rings (SSSR count). The summed E-state index contributed by atoms with van der Waals surface area (Å²) >= 11 is 0. The first-order valence-corrected chi connectivity index (χ1v) is 5.57. The van der Waals surface area contributed by atoms with E-state index in [1.54, 1.807) is 12.1 Å². The number of rotatable bonds is 1. The van der Waals surface area contributed by atoms with Crippen molar-refractivity contribution in [1.82, 2.24) is 5.32 Å². The number of hydrogen-bond acceptors (Lipinski definition) is 2. The van der Waals surface area contributed by atoms with E-state index in [1.165, 1.54) is 6.07 Å². The topological polar surface area (TPSA) is 21.3 Å². The van der Waals surface area contributed by atoms with Crippen molar-refractivity contribution in [1.29, 1.82) is 0 Å². The highest BCUT2D eigenvalue weighted by atomic mass is 35.5. The van der Waals surface area contributed by atoms with Gasteiger partial charge in [0.15, 0.2) is 0 Å². The molecule has 1 fully saturated rings. The van der Waals surface area contributed by atoms with Gasteiger partial charge in [0.2, 0.25) is 0 Å². The van der Waals surface area contributed by atoms with Crippen LogP contribution in [-0.4, -0.2) is 13.2 Å². The molecule has 2 nitrogen and oxygen atoms in total. The minimum absolute atomic E-state index is 0. The summed E-state index contributed by atoms with van der Waals surface area (Å²) in [6.45, 7) is 7.57. The summed E-state index contributed by atoms with van der Waals surface area (Å²) in [6, 6.07) is 6.75. The van der Waals surface area contributed by atoms with Crippen LogP contribution in [0, 0.1) is 11.2 Å². The van der Waals surface area contributed by atoms with Crippen LogP contribution in [0.4, 0.5) is 4.39 Å². The lowest BCUT2D eigenvalue weighted by molar-refractivity contribution is -0.133. The second-order valence-electron chi connectivity index (χ2n) is 5.32. The van der Waals surface area contributed by atoms with E-state index in [-0.39, 0.29) is 23.6 Å². The summed E-state index contributed by atoms with van der Waals surface area (Å²) in [7, 11) is 0. The van der Waals surface area contributed by atoms with Crippen molar-refractivity contribution in [3.63, 3.8) is 0 Å². The van der Waals surface area contributed by atoms with Crippen molar-refractivity contribution in [2.24, 2.45) is 5.41 Å². The van der Waals surface area contributed by atoms with Gasteiger partial charge in [-0.05, 0) is 13.0 Å². The third-order valence-corrected chi connectivity index (χ3v) is 3.04.